The number of rotatable bonds is 57. The topological polar surface area (TPSA) is 78.9 Å². The first-order valence-electron chi connectivity index (χ1n) is 31.7. The minimum atomic E-state index is -0.811. The number of esters is 3. The predicted molar refractivity (Wildman–Crippen MR) is 325 cm³/mol. The van der Waals surface area contributed by atoms with Crippen molar-refractivity contribution in [2.24, 2.45) is 0 Å². The Bertz CT molecular complexity index is 1480. The van der Waals surface area contributed by atoms with Crippen molar-refractivity contribution in [1.29, 1.82) is 0 Å². The number of unbranched alkanes of at least 4 members (excludes halogenated alkanes) is 30. The lowest BCUT2D eigenvalue weighted by molar-refractivity contribution is -0.166. The van der Waals surface area contributed by atoms with Gasteiger partial charge in [-0.1, -0.05) is 272 Å². The van der Waals surface area contributed by atoms with Crippen molar-refractivity contribution in [3.05, 3.63) is 97.2 Å². The van der Waals surface area contributed by atoms with E-state index in [2.05, 4.69) is 112 Å². The minimum Gasteiger partial charge on any atom is -0.462 e. The number of carbonyl (C=O) groups excluding carboxylic acids is 3. The van der Waals surface area contributed by atoms with Gasteiger partial charge in [-0.3, -0.25) is 14.4 Å². The molecule has 0 aliphatic carbocycles. The molecule has 0 N–H and O–H groups in total. The molecule has 6 heteroatoms. The molecule has 0 saturated carbocycles. The highest BCUT2D eigenvalue weighted by molar-refractivity contribution is 5.71. The Hall–Kier alpha value is -3.67. The summed E-state index contributed by atoms with van der Waals surface area (Å²) >= 11 is 0. The molecule has 0 saturated heterocycles. The Kier molecular flexibility index (Phi) is 59.8. The lowest BCUT2D eigenvalue weighted by Crippen LogP contribution is -2.30. The third kappa shape index (κ3) is 61.1. The van der Waals surface area contributed by atoms with Gasteiger partial charge in [-0.05, 0) is 109 Å². The van der Waals surface area contributed by atoms with E-state index >= 15 is 0 Å². The van der Waals surface area contributed by atoms with Crippen LogP contribution in [0.1, 0.15) is 303 Å². The SMILES string of the molecule is CC/C=C\C/C=C\C/C=C\C/C=C\CCC(=O)OCC(COC(=O)CCCCCCCCCCCC/C=C\C/C=C\C/C=C\CCCCCCC)OC(=O)CCCCCCCCCCC/C=C\CCCCCCCC. The third-order valence-corrected chi connectivity index (χ3v) is 13.6. The molecular formula is C69H118O6. The molecule has 0 aliphatic heterocycles. The molecule has 0 bridgehead atoms. The van der Waals surface area contributed by atoms with Crippen LogP contribution in [0.15, 0.2) is 97.2 Å². The van der Waals surface area contributed by atoms with Crippen LogP contribution in [-0.4, -0.2) is 37.2 Å². The summed E-state index contributed by atoms with van der Waals surface area (Å²) in [5.74, 6) is -0.985. The molecule has 0 aromatic heterocycles. The Balaban J connectivity index is 4.36. The Morgan fingerprint density at radius 2 is 0.547 bits per heavy atom. The summed E-state index contributed by atoms with van der Waals surface area (Å²) in [7, 11) is 0. The van der Waals surface area contributed by atoms with Crippen molar-refractivity contribution in [3.8, 4) is 0 Å². The monoisotopic (exact) mass is 1040 g/mol. The van der Waals surface area contributed by atoms with Crippen LogP contribution in [0.25, 0.3) is 0 Å². The zero-order valence-electron chi connectivity index (χ0n) is 49.3. The van der Waals surface area contributed by atoms with E-state index in [1.807, 2.05) is 6.08 Å². The molecule has 0 radical (unpaired) electrons. The standard InChI is InChI=1S/C69H118O6/c1-4-7-10-13-16-19-22-25-27-29-31-32-33-34-35-36-38-39-41-44-47-50-53-56-59-62-68(71)74-65-66(64-73-67(70)61-58-55-52-49-46-43-24-21-18-15-12-9-6-3)75-69(72)63-60-57-54-51-48-45-42-40-37-30-28-26-23-20-17-14-11-8-5-2/h9,12,18,21-22,25-26,28-29,31,33-34,43,46,52,55,66H,4-8,10-11,13-17,19-20,23-24,27,30,32,35-42,44-45,47-51,53-54,56-65H2,1-3H3/b12-9-,21-18-,25-22-,28-26-,31-29-,34-33-,46-43-,55-52-. The highest BCUT2D eigenvalue weighted by Crippen LogP contribution is 2.16. The number of ether oxygens (including phenoxy) is 3. The molecule has 75 heavy (non-hydrogen) atoms. The average molecular weight is 1040 g/mol. The summed E-state index contributed by atoms with van der Waals surface area (Å²) in [4.78, 5) is 38.2. The maximum atomic E-state index is 12.9. The van der Waals surface area contributed by atoms with E-state index in [0.717, 1.165) is 77.0 Å². The average Bonchev–Trinajstić information content (AvgIpc) is 3.41. The maximum Gasteiger partial charge on any atom is 0.306 e. The Morgan fingerprint density at radius 3 is 0.907 bits per heavy atom. The largest absolute Gasteiger partial charge is 0.462 e. The second-order valence-corrected chi connectivity index (χ2v) is 20.9. The molecule has 0 spiro atoms. The molecule has 0 aliphatic rings. The minimum absolute atomic E-state index is 0.102. The van der Waals surface area contributed by atoms with Crippen molar-refractivity contribution >= 4 is 17.9 Å². The van der Waals surface area contributed by atoms with E-state index < -0.39 is 6.10 Å². The molecule has 0 aromatic carbocycles. The molecule has 0 heterocycles. The molecule has 430 valence electrons. The summed E-state index contributed by atoms with van der Waals surface area (Å²) in [6, 6.07) is 0. The molecule has 0 fully saturated rings. The van der Waals surface area contributed by atoms with Gasteiger partial charge in [0.05, 0.1) is 0 Å². The molecule has 1 unspecified atom stereocenters. The smallest absolute Gasteiger partial charge is 0.306 e. The van der Waals surface area contributed by atoms with Gasteiger partial charge in [0.15, 0.2) is 6.10 Å². The van der Waals surface area contributed by atoms with Gasteiger partial charge in [-0.25, -0.2) is 0 Å². The molecule has 0 rings (SSSR count). The van der Waals surface area contributed by atoms with Crippen molar-refractivity contribution < 1.29 is 28.6 Å². The van der Waals surface area contributed by atoms with Crippen molar-refractivity contribution in [3.63, 3.8) is 0 Å². The van der Waals surface area contributed by atoms with Crippen LogP contribution in [0, 0.1) is 0 Å². The van der Waals surface area contributed by atoms with Crippen LogP contribution in [-0.2, 0) is 28.6 Å². The van der Waals surface area contributed by atoms with Crippen LogP contribution in [0.2, 0.25) is 0 Å². The maximum absolute atomic E-state index is 12.9. The van der Waals surface area contributed by atoms with E-state index in [0.29, 0.717) is 19.3 Å². The predicted octanol–water partition coefficient (Wildman–Crippen LogP) is 21.7. The zero-order valence-corrected chi connectivity index (χ0v) is 49.3. The summed E-state index contributed by atoms with van der Waals surface area (Å²) < 4.78 is 16.8. The zero-order chi connectivity index (χ0) is 54.3. The van der Waals surface area contributed by atoms with Crippen LogP contribution in [0.5, 0.6) is 0 Å². The van der Waals surface area contributed by atoms with Crippen LogP contribution < -0.4 is 0 Å². The van der Waals surface area contributed by atoms with Gasteiger partial charge >= 0.3 is 17.9 Å². The summed E-state index contributed by atoms with van der Waals surface area (Å²) in [5, 5.41) is 0. The quantitative estimate of drug-likeness (QED) is 0.0261. The lowest BCUT2D eigenvalue weighted by Gasteiger charge is -2.18. The van der Waals surface area contributed by atoms with Crippen LogP contribution in [0.4, 0.5) is 0 Å². The van der Waals surface area contributed by atoms with E-state index in [-0.39, 0.29) is 37.5 Å². The number of allylic oxidation sites excluding steroid dienone is 16. The molecule has 0 amide bonds. The summed E-state index contributed by atoms with van der Waals surface area (Å²) in [5.41, 5.74) is 0. The second kappa shape index (κ2) is 62.9. The Morgan fingerprint density at radius 1 is 0.280 bits per heavy atom. The highest BCUT2D eigenvalue weighted by Gasteiger charge is 2.19. The second-order valence-electron chi connectivity index (χ2n) is 20.9. The summed E-state index contributed by atoms with van der Waals surface area (Å²) in [6.07, 6.45) is 84.3. The fraction of sp³-hybridized carbons (Fsp3) is 0.725. The molecule has 6 nitrogen and oxygen atoms in total. The highest BCUT2D eigenvalue weighted by atomic mass is 16.6. The fourth-order valence-electron chi connectivity index (χ4n) is 8.81. The van der Waals surface area contributed by atoms with Crippen molar-refractivity contribution in [2.45, 2.75) is 309 Å². The van der Waals surface area contributed by atoms with Crippen LogP contribution in [0.3, 0.4) is 0 Å². The van der Waals surface area contributed by atoms with E-state index in [9.17, 15) is 14.4 Å². The van der Waals surface area contributed by atoms with Gasteiger partial charge in [0.2, 0.25) is 0 Å². The molecule has 0 aromatic rings. The van der Waals surface area contributed by atoms with Crippen molar-refractivity contribution in [1.82, 2.24) is 0 Å². The van der Waals surface area contributed by atoms with Gasteiger partial charge in [0.25, 0.3) is 0 Å². The Labute approximate surface area is 464 Å². The first kappa shape index (κ1) is 71.3. The van der Waals surface area contributed by atoms with Crippen LogP contribution >= 0.6 is 0 Å². The molecule has 1 atom stereocenters. The summed E-state index contributed by atoms with van der Waals surface area (Å²) in [6.45, 7) is 6.46. The number of carbonyl (C=O) groups is 3. The number of hydrogen-bond acceptors (Lipinski definition) is 6. The number of hydrogen-bond donors (Lipinski definition) is 0. The normalized spacial score (nSPS) is 12.7. The van der Waals surface area contributed by atoms with Crippen molar-refractivity contribution in [2.75, 3.05) is 13.2 Å². The fourth-order valence-corrected chi connectivity index (χ4v) is 8.81. The first-order valence-corrected chi connectivity index (χ1v) is 31.7. The van der Waals surface area contributed by atoms with E-state index in [1.54, 1.807) is 0 Å². The van der Waals surface area contributed by atoms with E-state index in [4.69, 9.17) is 14.2 Å². The van der Waals surface area contributed by atoms with Gasteiger partial charge in [-0.15, -0.1) is 0 Å². The van der Waals surface area contributed by atoms with Gasteiger partial charge in [-0.2, -0.15) is 0 Å². The molecular weight excluding hydrogens is 925 g/mol. The van der Waals surface area contributed by atoms with Gasteiger partial charge in [0.1, 0.15) is 13.2 Å². The lowest BCUT2D eigenvalue weighted by atomic mass is 10.0. The first-order chi connectivity index (χ1) is 37.0. The van der Waals surface area contributed by atoms with Gasteiger partial charge < -0.3 is 14.2 Å². The van der Waals surface area contributed by atoms with E-state index in [1.165, 1.54) is 180 Å². The van der Waals surface area contributed by atoms with Gasteiger partial charge in [0, 0.05) is 19.3 Å². The third-order valence-electron chi connectivity index (χ3n) is 13.6.